The molecule has 0 spiro atoms. The van der Waals surface area contributed by atoms with E-state index in [-0.39, 0.29) is 27.9 Å². The molecule has 0 fully saturated rings. The van der Waals surface area contributed by atoms with Crippen LogP contribution in [-0.4, -0.2) is 48.9 Å². The molecule has 0 N–H and O–H groups in total. The van der Waals surface area contributed by atoms with Gasteiger partial charge in [-0.2, -0.15) is 8.42 Å². The van der Waals surface area contributed by atoms with Crippen molar-refractivity contribution in [2.24, 2.45) is 4.40 Å². The standard InChI is InChI=1S/C17H15N5O5S/c1-21(2)11-18-28(25,26)15-9-4-3-8-14(15)17-20-19-16(27-17)12-6-5-7-13(10-12)22(23)24/h3-11H,1-2H3. The van der Waals surface area contributed by atoms with Gasteiger partial charge < -0.3 is 9.32 Å². The molecule has 0 unspecified atom stereocenters. The topological polar surface area (TPSA) is 132 Å². The summed E-state index contributed by atoms with van der Waals surface area (Å²) < 4.78 is 34.3. The fourth-order valence-electron chi connectivity index (χ4n) is 2.28. The van der Waals surface area contributed by atoms with Crippen LogP contribution in [0.1, 0.15) is 0 Å². The highest BCUT2D eigenvalue weighted by Gasteiger charge is 2.22. The van der Waals surface area contributed by atoms with Gasteiger partial charge in [-0.1, -0.05) is 18.2 Å². The number of hydrogen-bond donors (Lipinski definition) is 0. The van der Waals surface area contributed by atoms with Crippen molar-refractivity contribution >= 4 is 22.0 Å². The van der Waals surface area contributed by atoms with E-state index < -0.39 is 14.9 Å². The lowest BCUT2D eigenvalue weighted by atomic mass is 10.2. The summed E-state index contributed by atoms with van der Waals surface area (Å²) >= 11 is 0. The van der Waals surface area contributed by atoms with E-state index in [0.717, 1.165) is 0 Å². The van der Waals surface area contributed by atoms with Crippen LogP contribution in [0.3, 0.4) is 0 Å². The summed E-state index contributed by atoms with van der Waals surface area (Å²) in [4.78, 5) is 11.8. The third kappa shape index (κ3) is 4.04. The third-order valence-electron chi connectivity index (χ3n) is 3.54. The Morgan fingerprint density at radius 1 is 1.11 bits per heavy atom. The molecule has 0 aliphatic rings. The van der Waals surface area contributed by atoms with Gasteiger partial charge in [-0.25, -0.2) is 0 Å². The molecule has 0 aliphatic heterocycles. The fourth-order valence-corrected chi connectivity index (χ4v) is 3.39. The van der Waals surface area contributed by atoms with Crippen LogP contribution in [0.15, 0.2) is 62.2 Å². The van der Waals surface area contributed by atoms with Crippen molar-refractivity contribution in [2.75, 3.05) is 14.1 Å². The van der Waals surface area contributed by atoms with Gasteiger partial charge in [-0.15, -0.1) is 14.6 Å². The molecule has 144 valence electrons. The molecule has 0 aliphatic carbocycles. The molecular weight excluding hydrogens is 386 g/mol. The Bertz CT molecular complexity index is 1150. The van der Waals surface area contributed by atoms with E-state index in [2.05, 4.69) is 14.6 Å². The number of rotatable bonds is 6. The van der Waals surface area contributed by atoms with Crippen molar-refractivity contribution < 1.29 is 17.8 Å². The summed E-state index contributed by atoms with van der Waals surface area (Å²) in [5.74, 6) is -0.0107. The summed E-state index contributed by atoms with van der Waals surface area (Å²) in [6.45, 7) is 0. The van der Waals surface area contributed by atoms with Crippen LogP contribution >= 0.6 is 0 Å². The maximum Gasteiger partial charge on any atom is 0.284 e. The van der Waals surface area contributed by atoms with Crippen molar-refractivity contribution in [3.05, 3.63) is 58.6 Å². The Hall–Kier alpha value is -3.60. The van der Waals surface area contributed by atoms with E-state index in [1.807, 2.05) is 0 Å². The molecule has 1 heterocycles. The molecule has 0 radical (unpaired) electrons. The lowest BCUT2D eigenvalue weighted by molar-refractivity contribution is -0.384. The molecule has 3 rings (SSSR count). The molecule has 3 aromatic rings. The van der Waals surface area contributed by atoms with E-state index in [9.17, 15) is 18.5 Å². The minimum Gasteiger partial charge on any atom is -0.416 e. The number of nitro benzene ring substituents is 1. The van der Waals surface area contributed by atoms with Gasteiger partial charge in [0.25, 0.3) is 15.7 Å². The number of nitrogens with zero attached hydrogens (tertiary/aromatic N) is 5. The Balaban J connectivity index is 2.03. The van der Waals surface area contributed by atoms with Crippen LogP contribution in [0, 0.1) is 10.1 Å². The van der Waals surface area contributed by atoms with Crippen LogP contribution < -0.4 is 0 Å². The number of nitro groups is 1. The van der Waals surface area contributed by atoms with Gasteiger partial charge in [-0.05, 0) is 18.2 Å². The monoisotopic (exact) mass is 401 g/mol. The van der Waals surface area contributed by atoms with Crippen LogP contribution in [0.25, 0.3) is 22.9 Å². The molecule has 1 aromatic heterocycles. The highest BCUT2D eigenvalue weighted by molar-refractivity contribution is 7.90. The number of hydrogen-bond acceptors (Lipinski definition) is 7. The average Bonchev–Trinajstić information content (AvgIpc) is 3.17. The summed E-state index contributed by atoms with van der Waals surface area (Å²) in [5.41, 5.74) is 0.403. The molecule has 11 heteroatoms. The van der Waals surface area contributed by atoms with Crippen molar-refractivity contribution in [3.63, 3.8) is 0 Å². The highest BCUT2D eigenvalue weighted by Crippen LogP contribution is 2.30. The Labute approximate surface area is 160 Å². The first-order valence-electron chi connectivity index (χ1n) is 7.92. The summed E-state index contributed by atoms with van der Waals surface area (Å²) in [6, 6.07) is 11.8. The van der Waals surface area contributed by atoms with Crippen LogP contribution in [0.2, 0.25) is 0 Å². The van der Waals surface area contributed by atoms with Crippen LogP contribution in [-0.2, 0) is 10.0 Å². The van der Waals surface area contributed by atoms with Crippen molar-refractivity contribution in [3.8, 4) is 22.9 Å². The third-order valence-corrected chi connectivity index (χ3v) is 4.82. The predicted octanol–water partition coefficient (Wildman–Crippen LogP) is 2.59. The maximum atomic E-state index is 12.5. The van der Waals surface area contributed by atoms with E-state index in [0.29, 0.717) is 5.56 Å². The van der Waals surface area contributed by atoms with E-state index in [1.165, 1.54) is 41.6 Å². The molecule has 0 saturated carbocycles. The van der Waals surface area contributed by atoms with E-state index >= 15 is 0 Å². The SMILES string of the molecule is CN(C)C=NS(=O)(=O)c1ccccc1-c1nnc(-c2cccc([N+](=O)[O-])c2)o1. The molecule has 0 saturated heterocycles. The van der Waals surface area contributed by atoms with Crippen LogP contribution in [0.5, 0.6) is 0 Å². The second-order valence-electron chi connectivity index (χ2n) is 5.88. The molecule has 2 aromatic carbocycles. The summed E-state index contributed by atoms with van der Waals surface area (Å²) in [6.07, 6.45) is 1.18. The Morgan fingerprint density at radius 3 is 2.54 bits per heavy atom. The molecule has 0 bridgehead atoms. The van der Waals surface area contributed by atoms with Gasteiger partial charge in [-0.3, -0.25) is 10.1 Å². The first-order valence-corrected chi connectivity index (χ1v) is 9.36. The van der Waals surface area contributed by atoms with Gasteiger partial charge in [0.15, 0.2) is 0 Å². The second kappa shape index (κ2) is 7.56. The van der Waals surface area contributed by atoms with Gasteiger partial charge in [0, 0.05) is 31.8 Å². The van der Waals surface area contributed by atoms with E-state index in [1.54, 1.807) is 32.3 Å². The van der Waals surface area contributed by atoms with Crippen molar-refractivity contribution in [2.45, 2.75) is 4.90 Å². The summed E-state index contributed by atoms with van der Waals surface area (Å²) in [5, 5.41) is 18.7. The number of sulfonamides is 1. The average molecular weight is 401 g/mol. The lowest BCUT2D eigenvalue weighted by Gasteiger charge is -2.06. The molecule has 0 amide bonds. The first-order chi connectivity index (χ1) is 13.3. The zero-order valence-corrected chi connectivity index (χ0v) is 15.7. The normalized spacial score (nSPS) is 11.6. The quantitative estimate of drug-likeness (QED) is 0.266. The smallest absolute Gasteiger partial charge is 0.284 e. The van der Waals surface area contributed by atoms with Crippen molar-refractivity contribution in [1.82, 2.24) is 15.1 Å². The largest absolute Gasteiger partial charge is 0.416 e. The summed E-state index contributed by atoms with van der Waals surface area (Å²) in [7, 11) is -0.703. The minimum atomic E-state index is -4.00. The number of non-ortho nitro benzene ring substituents is 1. The first kappa shape index (κ1) is 19.2. The number of aromatic nitrogens is 2. The fraction of sp³-hybridized carbons (Fsp3) is 0.118. The Morgan fingerprint density at radius 2 is 1.82 bits per heavy atom. The van der Waals surface area contributed by atoms with E-state index in [4.69, 9.17) is 4.42 Å². The van der Waals surface area contributed by atoms with Gasteiger partial charge in [0.1, 0.15) is 11.2 Å². The maximum absolute atomic E-state index is 12.5. The van der Waals surface area contributed by atoms with Crippen molar-refractivity contribution in [1.29, 1.82) is 0 Å². The zero-order chi connectivity index (χ0) is 20.3. The highest BCUT2D eigenvalue weighted by atomic mass is 32.2. The molecule has 10 nitrogen and oxygen atoms in total. The van der Waals surface area contributed by atoms with Gasteiger partial charge in [0.05, 0.1) is 10.5 Å². The second-order valence-corrected chi connectivity index (χ2v) is 7.48. The zero-order valence-electron chi connectivity index (χ0n) is 14.9. The van der Waals surface area contributed by atoms with Gasteiger partial charge >= 0.3 is 0 Å². The number of benzene rings is 2. The molecular formula is C17H15N5O5S. The lowest BCUT2D eigenvalue weighted by Crippen LogP contribution is -2.10. The molecule has 0 atom stereocenters. The van der Waals surface area contributed by atoms with Crippen LogP contribution in [0.4, 0.5) is 5.69 Å². The minimum absolute atomic E-state index is 0.0303. The van der Waals surface area contributed by atoms with Gasteiger partial charge in [0.2, 0.25) is 11.8 Å². The Kier molecular flexibility index (Phi) is 5.18. The molecule has 28 heavy (non-hydrogen) atoms. The predicted molar refractivity (Wildman–Crippen MR) is 101 cm³/mol.